The highest BCUT2D eigenvalue weighted by Gasteiger charge is 2.25. The lowest BCUT2D eigenvalue weighted by Crippen LogP contribution is -2.49. The Morgan fingerprint density at radius 2 is 1.77 bits per heavy atom. The summed E-state index contributed by atoms with van der Waals surface area (Å²) in [6.07, 6.45) is 3.69. The summed E-state index contributed by atoms with van der Waals surface area (Å²) in [5.41, 5.74) is 1.54. The van der Waals surface area contributed by atoms with Crippen molar-refractivity contribution in [3.63, 3.8) is 0 Å². The molecule has 0 radical (unpaired) electrons. The fraction of sp³-hybridized carbons (Fsp3) is 0.273. The van der Waals surface area contributed by atoms with Gasteiger partial charge in [-0.25, -0.2) is 4.98 Å². The van der Waals surface area contributed by atoms with Gasteiger partial charge in [-0.2, -0.15) is 0 Å². The molecule has 0 atom stereocenters. The molecule has 1 aromatic heterocycles. The number of benzene rings is 2. The van der Waals surface area contributed by atoms with Crippen molar-refractivity contribution < 1.29 is 14.3 Å². The van der Waals surface area contributed by atoms with E-state index in [1.54, 1.807) is 38.6 Å². The lowest BCUT2D eigenvalue weighted by atomic mass is 10.1. The molecule has 2 aromatic carbocycles. The van der Waals surface area contributed by atoms with Gasteiger partial charge in [0.25, 0.3) is 5.91 Å². The minimum atomic E-state index is -0.0196. The van der Waals surface area contributed by atoms with Crippen molar-refractivity contribution in [2.24, 2.45) is 0 Å². The number of piperazine rings is 1. The van der Waals surface area contributed by atoms with Crippen LogP contribution in [0.25, 0.3) is 5.69 Å². The van der Waals surface area contributed by atoms with E-state index < -0.39 is 0 Å². The van der Waals surface area contributed by atoms with E-state index in [-0.39, 0.29) is 5.91 Å². The second kappa shape index (κ2) is 8.67. The smallest absolute Gasteiger partial charge is 0.254 e. The minimum absolute atomic E-state index is 0.0196. The first-order chi connectivity index (χ1) is 14.6. The minimum Gasteiger partial charge on any atom is -0.493 e. The highest BCUT2D eigenvalue weighted by atomic mass is 35.5. The van der Waals surface area contributed by atoms with Crippen LogP contribution in [0.2, 0.25) is 5.02 Å². The lowest BCUT2D eigenvalue weighted by molar-refractivity contribution is 0.0745. The maximum atomic E-state index is 13.0. The van der Waals surface area contributed by atoms with E-state index in [2.05, 4.69) is 9.88 Å². The van der Waals surface area contributed by atoms with Gasteiger partial charge in [-0.15, -0.1) is 0 Å². The van der Waals surface area contributed by atoms with Crippen LogP contribution in [-0.2, 0) is 0 Å². The molecule has 0 spiro atoms. The molecule has 1 aliphatic heterocycles. The van der Waals surface area contributed by atoms with E-state index in [1.165, 1.54) is 0 Å². The van der Waals surface area contributed by atoms with Crippen LogP contribution in [0.3, 0.4) is 0 Å². The van der Waals surface area contributed by atoms with Gasteiger partial charge >= 0.3 is 0 Å². The van der Waals surface area contributed by atoms with Crippen LogP contribution in [0, 0.1) is 0 Å². The Kier molecular flexibility index (Phi) is 5.81. The van der Waals surface area contributed by atoms with Gasteiger partial charge in [0.15, 0.2) is 11.5 Å². The van der Waals surface area contributed by atoms with Gasteiger partial charge in [0.2, 0.25) is 5.95 Å². The zero-order valence-corrected chi connectivity index (χ0v) is 17.7. The molecule has 2 heterocycles. The lowest BCUT2D eigenvalue weighted by Gasteiger charge is -2.35. The normalized spacial score (nSPS) is 14.0. The van der Waals surface area contributed by atoms with Crippen molar-refractivity contribution in [3.8, 4) is 17.2 Å². The topological polar surface area (TPSA) is 59.8 Å². The Morgan fingerprint density at radius 3 is 2.47 bits per heavy atom. The summed E-state index contributed by atoms with van der Waals surface area (Å²) in [6.45, 7) is 2.60. The number of ether oxygens (including phenoxy) is 2. The van der Waals surface area contributed by atoms with Crippen molar-refractivity contribution in [2.75, 3.05) is 45.3 Å². The zero-order chi connectivity index (χ0) is 21.1. The highest BCUT2D eigenvalue weighted by molar-refractivity contribution is 6.30. The highest BCUT2D eigenvalue weighted by Crippen LogP contribution is 2.28. The summed E-state index contributed by atoms with van der Waals surface area (Å²) in [6, 6.07) is 12.9. The maximum absolute atomic E-state index is 13.0. The molecule has 1 fully saturated rings. The van der Waals surface area contributed by atoms with Crippen molar-refractivity contribution in [3.05, 3.63) is 65.4 Å². The number of hydrogen-bond donors (Lipinski definition) is 0. The first-order valence-corrected chi connectivity index (χ1v) is 10.0. The van der Waals surface area contributed by atoms with Crippen LogP contribution in [-0.4, -0.2) is 60.8 Å². The number of aromatic nitrogens is 2. The zero-order valence-electron chi connectivity index (χ0n) is 16.9. The van der Waals surface area contributed by atoms with Gasteiger partial charge in [0, 0.05) is 54.8 Å². The van der Waals surface area contributed by atoms with E-state index in [0.717, 1.165) is 11.6 Å². The number of carbonyl (C=O) groups is 1. The van der Waals surface area contributed by atoms with Crippen molar-refractivity contribution in [1.82, 2.24) is 14.5 Å². The molecule has 30 heavy (non-hydrogen) atoms. The average Bonchev–Trinajstić information content (AvgIpc) is 3.28. The van der Waals surface area contributed by atoms with Gasteiger partial charge in [-0.3, -0.25) is 9.36 Å². The number of carbonyl (C=O) groups excluding carboxylic acids is 1. The summed E-state index contributed by atoms with van der Waals surface area (Å²) in [5, 5.41) is 0.678. The standard InChI is InChI=1S/C22H23ClN4O3/c1-29-19-7-6-16(14-20(19)30-2)21(28)25-10-12-26(13-11-25)22-24-8-9-27(22)18-5-3-4-17(23)15-18/h3-9,14-15H,10-13H2,1-2H3. The number of halogens is 1. The third kappa shape index (κ3) is 3.93. The summed E-state index contributed by atoms with van der Waals surface area (Å²) >= 11 is 6.14. The number of anilines is 1. The van der Waals surface area contributed by atoms with Crippen LogP contribution in [0.5, 0.6) is 11.5 Å². The van der Waals surface area contributed by atoms with Crippen LogP contribution in [0.4, 0.5) is 5.95 Å². The predicted molar refractivity (Wildman–Crippen MR) is 116 cm³/mol. The third-order valence-corrected chi connectivity index (χ3v) is 5.42. The van der Waals surface area contributed by atoms with E-state index in [0.29, 0.717) is 48.3 Å². The molecule has 7 nitrogen and oxygen atoms in total. The quantitative estimate of drug-likeness (QED) is 0.625. The molecule has 1 amide bonds. The Balaban J connectivity index is 1.46. The first-order valence-electron chi connectivity index (χ1n) is 9.66. The van der Waals surface area contributed by atoms with Crippen LogP contribution < -0.4 is 14.4 Å². The largest absolute Gasteiger partial charge is 0.493 e. The number of rotatable bonds is 5. The van der Waals surface area contributed by atoms with Gasteiger partial charge in [-0.1, -0.05) is 17.7 Å². The fourth-order valence-corrected chi connectivity index (χ4v) is 3.80. The Labute approximate surface area is 180 Å². The number of nitrogens with zero attached hydrogens (tertiary/aromatic N) is 4. The predicted octanol–water partition coefficient (Wildman–Crippen LogP) is 3.51. The molecule has 156 valence electrons. The van der Waals surface area contributed by atoms with Crippen LogP contribution in [0.15, 0.2) is 54.9 Å². The van der Waals surface area contributed by atoms with Crippen LogP contribution >= 0.6 is 11.6 Å². The second-order valence-electron chi connectivity index (χ2n) is 6.93. The van der Waals surface area contributed by atoms with Gasteiger partial charge in [-0.05, 0) is 36.4 Å². The molecule has 0 saturated carbocycles. The van der Waals surface area contributed by atoms with Crippen molar-refractivity contribution >= 4 is 23.5 Å². The molecule has 4 rings (SSSR count). The fourth-order valence-electron chi connectivity index (χ4n) is 3.62. The summed E-state index contributed by atoms with van der Waals surface area (Å²) in [4.78, 5) is 21.5. The molecule has 8 heteroatoms. The summed E-state index contributed by atoms with van der Waals surface area (Å²) in [7, 11) is 3.14. The van der Waals surface area contributed by atoms with E-state index >= 15 is 0 Å². The molecule has 0 bridgehead atoms. The molecular weight excluding hydrogens is 404 g/mol. The van der Waals surface area contributed by atoms with E-state index in [4.69, 9.17) is 21.1 Å². The average molecular weight is 427 g/mol. The van der Waals surface area contributed by atoms with Crippen molar-refractivity contribution in [1.29, 1.82) is 0 Å². The molecule has 0 unspecified atom stereocenters. The number of hydrogen-bond acceptors (Lipinski definition) is 5. The number of amides is 1. The second-order valence-corrected chi connectivity index (χ2v) is 7.36. The Hall–Kier alpha value is -3.19. The molecule has 0 N–H and O–H groups in total. The maximum Gasteiger partial charge on any atom is 0.254 e. The number of methoxy groups -OCH3 is 2. The summed E-state index contributed by atoms with van der Waals surface area (Å²) in [5.74, 6) is 1.97. The first kappa shape index (κ1) is 20.1. The molecular formula is C22H23ClN4O3. The van der Waals surface area contributed by atoms with Gasteiger partial charge in [0.05, 0.1) is 14.2 Å². The third-order valence-electron chi connectivity index (χ3n) is 5.19. The Bertz CT molecular complexity index is 1040. The monoisotopic (exact) mass is 426 g/mol. The SMILES string of the molecule is COc1ccc(C(=O)N2CCN(c3nccn3-c3cccc(Cl)c3)CC2)cc1OC. The summed E-state index contributed by atoms with van der Waals surface area (Å²) < 4.78 is 12.6. The van der Waals surface area contributed by atoms with Crippen molar-refractivity contribution in [2.45, 2.75) is 0 Å². The molecule has 0 aliphatic carbocycles. The van der Waals surface area contributed by atoms with Gasteiger partial charge in [0.1, 0.15) is 0 Å². The molecule has 1 aliphatic rings. The molecule has 1 saturated heterocycles. The number of imidazole rings is 1. The Morgan fingerprint density at radius 1 is 1.00 bits per heavy atom. The molecule has 3 aromatic rings. The van der Waals surface area contributed by atoms with Gasteiger partial charge < -0.3 is 19.3 Å². The van der Waals surface area contributed by atoms with E-state index in [1.807, 2.05) is 39.9 Å². The van der Waals surface area contributed by atoms with E-state index in [9.17, 15) is 4.79 Å². The van der Waals surface area contributed by atoms with Crippen LogP contribution in [0.1, 0.15) is 10.4 Å².